The standard InChI is InChI=1S/C26H35NO6/c1-21(2)18-24(25(28)32-16-14-30-19-22-10-6-4-7-11-22)27(3)26(29)33-17-15-31-20-23-12-8-5-9-13-23/h4-13,21,24H,14-20H2,1-3H3/t24-/m0/s1. The Kier molecular flexibility index (Phi) is 12.0. The Labute approximate surface area is 196 Å². The van der Waals surface area contributed by atoms with Crippen molar-refractivity contribution >= 4 is 12.1 Å². The zero-order valence-electron chi connectivity index (χ0n) is 19.8. The quantitative estimate of drug-likeness (QED) is 0.308. The largest absolute Gasteiger partial charge is 0.462 e. The predicted molar refractivity (Wildman–Crippen MR) is 126 cm³/mol. The van der Waals surface area contributed by atoms with Crippen LogP contribution in [0.5, 0.6) is 0 Å². The molecule has 0 radical (unpaired) electrons. The van der Waals surface area contributed by atoms with Crippen molar-refractivity contribution in [1.82, 2.24) is 4.90 Å². The molecular formula is C26H35NO6. The number of ether oxygens (including phenoxy) is 4. The zero-order chi connectivity index (χ0) is 23.9. The average Bonchev–Trinajstić information content (AvgIpc) is 2.82. The molecule has 2 aromatic carbocycles. The summed E-state index contributed by atoms with van der Waals surface area (Å²) in [6.07, 6.45) is -0.110. The summed E-state index contributed by atoms with van der Waals surface area (Å²) in [5.74, 6) is -0.270. The van der Waals surface area contributed by atoms with E-state index >= 15 is 0 Å². The summed E-state index contributed by atoms with van der Waals surface area (Å²) in [5.41, 5.74) is 2.10. The normalized spacial score (nSPS) is 11.8. The Balaban J connectivity index is 1.70. The molecule has 0 N–H and O–H groups in total. The average molecular weight is 458 g/mol. The van der Waals surface area contributed by atoms with Gasteiger partial charge in [-0.25, -0.2) is 9.59 Å². The van der Waals surface area contributed by atoms with Gasteiger partial charge in [-0.2, -0.15) is 0 Å². The van der Waals surface area contributed by atoms with Crippen molar-refractivity contribution in [3.63, 3.8) is 0 Å². The highest BCUT2D eigenvalue weighted by atomic mass is 16.6. The van der Waals surface area contributed by atoms with Crippen molar-refractivity contribution in [3.05, 3.63) is 71.8 Å². The number of rotatable bonds is 14. The second-order valence-electron chi connectivity index (χ2n) is 8.11. The molecule has 1 atom stereocenters. The summed E-state index contributed by atoms with van der Waals surface area (Å²) in [7, 11) is 1.55. The van der Waals surface area contributed by atoms with Crippen LogP contribution >= 0.6 is 0 Å². The first kappa shape index (κ1) is 26.4. The molecule has 0 fully saturated rings. The maximum Gasteiger partial charge on any atom is 0.410 e. The van der Waals surface area contributed by atoms with E-state index in [1.54, 1.807) is 7.05 Å². The number of amides is 1. The van der Waals surface area contributed by atoms with Gasteiger partial charge in [0.25, 0.3) is 0 Å². The first-order chi connectivity index (χ1) is 16.0. The summed E-state index contributed by atoms with van der Waals surface area (Å²) in [6, 6.07) is 18.8. The van der Waals surface area contributed by atoms with Gasteiger partial charge in [0.1, 0.15) is 19.3 Å². The van der Waals surface area contributed by atoms with Gasteiger partial charge in [-0.05, 0) is 23.5 Å². The number of carbonyl (C=O) groups is 2. The molecule has 0 aromatic heterocycles. The van der Waals surface area contributed by atoms with E-state index in [9.17, 15) is 9.59 Å². The summed E-state index contributed by atoms with van der Waals surface area (Å²) < 4.78 is 21.7. The summed E-state index contributed by atoms with van der Waals surface area (Å²) >= 11 is 0. The van der Waals surface area contributed by atoms with E-state index in [0.29, 0.717) is 19.6 Å². The Morgan fingerprint density at radius 1 is 0.758 bits per heavy atom. The summed E-state index contributed by atoms with van der Waals surface area (Å²) in [4.78, 5) is 26.4. The molecule has 7 heteroatoms. The summed E-state index contributed by atoms with van der Waals surface area (Å²) in [5, 5.41) is 0. The van der Waals surface area contributed by atoms with Crippen molar-refractivity contribution in [3.8, 4) is 0 Å². The second-order valence-corrected chi connectivity index (χ2v) is 8.11. The number of hydrogen-bond acceptors (Lipinski definition) is 6. The molecule has 2 aromatic rings. The van der Waals surface area contributed by atoms with E-state index < -0.39 is 18.1 Å². The number of likely N-dealkylation sites (N-methyl/N-ethyl adjacent to an activating group) is 1. The van der Waals surface area contributed by atoms with Crippen molar-refractivity contribution in [1.29, 1.82) is 0 Å². The molecule has 33 heavy (non-hydrogen) atoms. The highest BCUT2D eigenvalue weighted by Gasteiger charge is 2.30. The molecule has 0 saturated heterocycles. The van der Waals surface area contributed by atoms with Crippen molar-refractivity contribution in [2.45, 2.75) is 39.5 Å². The second kappa shape index (κ2) is 15.0. The monoisotopic (exact) mass is 457 g/mol. The van der Waals surface area contributed by atoms with Crippen LogP contribution in [0, 0.1) is 5.92 Å². The molecule has 0 aliphatic rings. The SMILES string of the molecule is CC(C)C[C@@H](C(=O)OCCOCc1ccccc1)N(C)C(=O)OCCOCc1ccccc1. The molecule has 0 aliphatic heterocycles. The Bertz CT molecular complexity index is 812. The third-order valence-electron chi connectivity index (χ3n) is 4.87. The van der Waals surface area contributed by atoms with E-state index in [1.807, 2.05) is 74.5 Å². The lowest BCUT2D eigenvalue weighted by Crippen LogP contribution is -2.44. The minimum atomic E-state index is -0.725. The molecule has 0 heterocycles. The molecule has 2 rings (SSSR count). The van der Waals surface area contributed by atoms with Crippen LogP contribution in [0.2, 0.25) is 0 Å². The van der Waals surface area contributed by atoms with Crippen LogP contribution in [0.25, 0.3) is 0 Å². The van der Waals surface area contributed by atoms with Crippen LogP contribution in [0.15, 0.2) is 60.7 Å². The van der Waals surface area contributed by atoms with Crippen LogP contribution in [-0.2, 0) is 37.0 Å². The van der Waals surface area contributed by atoms with Crippen LogP contribution in [-0.4, -0.2) is 56.5 Å². The fourth-order valence-corrected chi connectivity index (χ4v) is 3.10. The van der Waals surface area contributed by atoms with Gasteiger partial charge >= 0.3 is 12.1 Å². The maximum absolute atomic E-state index is 12.6. The smallest absolute Gasteiger partial charge is 0.410 e. The number of benzene rings is 2. The molecule has 0 unspecified atom stereocenters. The topological polar surface area (TPSA) is 74.3 Å². The van der Waals surface area contributed by atoms with Crippen molar-refractivity contribution in [2.75, 3.05) is 33.5 Å². The highest BCUT2D eigenvalue weighted by Crippen LogP contribution is 2.13. The first-order valence-electron chi connectivity index (χ1n) is 11.3. The minimum Gasteiger partial charge on any atom is -0.462 e. The minimum absolute atomic E-state index is 0.104. The fraction of sp³-hybridized carbons (Fsp3) is 0.462. The van der Waals surface area contributed by atoms with Gasteiger partial charge in [0, 0.05) is 7.05 Å². The number of esters is 1. The van der Waals surface area contributed by atoms with Crippen molar-refractivity contribution in [2.24, 2.45) is 5.92 Å². The van der Waals surface area contributed by atoms with E-state index in [-0.39, 0.29) is 32.3 Å². The molecule has 0 aliphatic carbocycles. The van der Waals surface area contributed by atoms with Gasteiger partial charge in [0.05, 0.1) is 26.4 Å². The van der Waals surface area contributed by atoms with Crippen molar-refractivity contribution < 1.29 is 28.5 Å². The summed E-state index contributed by atoms with van der Waals surface area (Å²) in [6.45, 7) is 5.65. The Hall–Kier alpha value is -2.90. The van der Waals surface area contributed by atoms with Gasteiger partial charge in [0.15, 0.2) is 0 Å². The van der Waals surface area contributed by atoms with E-state index in [4.69, 9.17) is 18.9 Å². The number of carbonyl (C=O) groups excluding carboxylic acids is 2. The molecule has 7 nitrogen and oxygen atoms in total. The molecule has 1 amide bonds. The van der Waals surface area contributed by atoms with Crippen LogP contribution in [0.1, 0.15) is 31.4 Å². The molecular weight excluding hydrogens is 422 g/mol. The van der Waals surface area contributed by atoms with Gasteiger partial charge in [-0.3, -0.25) is 4.90 Å². The molecule has 0 spiro atoms. The fourth-order valence-electron chi connectivity index (χ4n) is 3.10. The van der Waals surface area contributed by atoms with E-state index in [0.717, 1.165) is 11.1 Å². The molecule has 0 saturated carbocycles. The number of nitrogens with zero attached hydrogens (tertiary/aromatic N) is 1. The highest BCUT2D eigenvalue weighted by molar-refractivity contribution is 5.81. The van der Waals surface area contributed by atoms with Gasteiger partial charge in [-0.15, -0.1) is 0 Å². The third-order valence-corrected chi connectivity index (χ3v) is 4.87. The number of hydrogen-bond donors (Lipinski definition) is 0. The van der Waals surface area contributed by atoms with Gasteiger partial charge < -0.3 is 18.9 Å². The molecule has 180 valence electrons. The lowest BCUT2D eigenvalue weighted by molar-refractivity contribution is -0.151. The lowest BCUT2D eigenvalue weighted by atomic mass is 10.0. The first-order valence-corrected chi connectivity index (χ1v) is 11.3. The van der Waals surface area contributed by atoms with Crippen LogP contribution < -0.4 is 0 Å². The van der Waals surface area contributed by atoms with E-state index in [2.05, 4.69) is 0 Å². The maximum atomic E-state index is 12.6. The lowest BCUT2D eigenvalue weighted by Gasteiger charge is -2.27. The van der Waals surface area contributed by atoms with Gasteiger partial charge in [-0.1, -0.05) is 74.5 Å². The third kappa shape index (κ3) is 10.5. The van der Waals surface area contributed by atoms with Crippen LogP contribution in [0.4, 0.5) is 4.79 Å². The van der Waals surface area contributed by atoms with E-state index in [1.165, 1.54) is 4.90 Å². The molecule has 0 bridgehead atoms. The Morgan fingerprint density at radius 3 is 1.73 bits per heavy atom. The zero-order valence-corrected chi connectivity index (χ0v) is 19.8. The predicted octanol–water partition coefficient (Wildman–Crippen LogP) is 4.45. The Morgan fingerprint density at radius 2 is 1.24 bits per heavy atom. The van der Waals surface area contributed by atoms with Crippen LogP contribution in [0.3, 0.4) is 0 Å². The van der Waals surface area contributed by atoms with Gasteiger partial charge in [0.2, 0.25) is 0 Å².